The highest BCUT2D eigenvalue weighted by Crippen LogP contribution is 2.49. The van der Waals surface area contributed by atoms with Gasteiger partial charge in [0.05, 0.1) is 0 Å². The fourth-order valence-corrected chi connectivity index (χ4v) is 2.76. The number of allylic oxidation sites excluding steroid dienone is 5. The van der Waals surface area contributed by atoms with Crippen LogP contribution in [0.1, 0.15) is 33.6 Å². The predicted octanol–water partition coefficient (Wildman–Crippen LogP) is 3.19. The molecule has 82 valence electrons. The van der Waals surface area contributed by atoms with E-state index in [1.54, 1.807) is 0 Å². The maximum Gasteiger partial charge on any atom is 0.0140 e. The third-order valence-corrected chi connectivity index (χ3v) is 4.41. The first-order chi connectivity index (χ1) is 7.08. The number of nitrogens with two attached hydrogens (primary N) is 1. The van der Waals surface area contributed by atoms with Crippen LogP contribution in [0.2, 0.25) is 0 Å². The highest BCUT2D eigenvalue weighted by molar-refractivity contribution is 5.42. The summed E-state index contributed by atoms with van der Waals surface area (Å²) in [6.45, 7) is 7.69. The van der Waals surface area contributed by atoms with E-state index in [0.29, 0.717) is 17.9 Å². The summed E-state index contributed by atoms with van der Waals surface area (Å²) in [5.41, 5.74) is 10.5. The van der Waals surface area contributed by atoms with Crippen molar-refractivity contribution in [2.75, 3.05) is 6.54 Å². The van der Waals surface area contributed by atoms with Gasteiger partial charge in [-0.1, -0.05) is 43.2 Å². The maximum absolute atomic E-state index is 5.72. The van der Waals surface area contributed by atoms with Gasteiger partial charge in [-0.05, 0) is 36.7 Å². The van der Waals surface area contributed by atoms with Gasteiger partial charge in [-0.2, -0.15) is 0 Å². The standard InChI is InChI=1S/C14H21N/c1-10-4-5-13-8-12(9-15)6-7-14(13,3)11(10)2/h4-5,8,11H,6-7,9,15H2,1-3H3. The van der Waals surface area contributed by atoms with Gasteiger partial charge in [0.2, 0.25) is 0 Å². The third-order valence-electron chi connectivity index (χ3n) is 4.41. The summed E-state index contributed by atoms with van der Waals surface area (Å²) in [5.74, 6) is 0.660. The van der Waals surface area contributed by atoms with Gasteiger partial charge in [-0.25, -0.2) is 0 Å². The minimum atomic E-state index is 0.345. The van der Waals surface area contributed by atoms with Crippen LogP contribution in [0.15, 0.2) is 34.9 Å². The van der Waals surface area contributed by atoms with E-state index in [1.165, 1.54) is 29.6 Å². The van der Waals surface area contributed by atoms with Crippen molar-refractivity contribution in [3.8, 4) is 0 Å². The minimum Gasteiger partial charge on any atom is -0.327 e. The molecule has 0 fully saturated rings. The van der Waals surface area contributed by atoms with Crippen LogP contribution < -0.4 is 5.73 Å². The fourth-order valence-electron chi connectivity index (χ4n) is 2.76. The van der Waals surface area contributed by atoms with Gasteiger partial charge in [0.15, 0.2) is 0 Å². The van der Waals surface area contributed by atoms with Crippen LogP contribution in [-0.4, -0.2) is 6.54 Å². The van der Waals surface area contributed by atoms with Crippen LogP contribution in [0.4, 0.5) is 0 Å². The van der Waals surface area contributed by atoms with Gasteiger partial charge in [-0.15, -0.1) is 0 Å². The minimum absolute atomic E-state index is 0.345. The first kappa shape index (κ1) is 10.7. The number of fused-ring (bicyclic) bond motifs is 1. The Labute approximate surface area is 92.7 Å². The number of hydrogen-bond acceptors (Lipinski definition) is 1. The second-order valence-electron chi connectivity index (χ2n) is 5.18. The SMILES string of the molecule is CC1=CC=C2C=C(CN)CCC2(C)C1C. The third kappa shape index (κ3) is 1.59. The van der Waals surface area contributed by atoms with Crippen LogP contribution >= 0.6 is 0 Å². The second-order valence-corrected chi connectivity index (χ2v) is 5.18. The van der Waals surface area contributed by atoms with Crippen LogP contribution in [0, 0.1) is 11.3 Å². The molecular weight excluding hydrogens is 182 g/mol. The Kier molecular flexibility index (Phi) is 2.59. The summed E-state index contributed by atoms with van der Waals surface area (Å²) < 4.78 is 0. The lowest BCUT2D eigenvalue weighted by Crippen LogP contribution is -2.33. The van der Waals surface area contributed by atoms with Crippen LogP contribution in [0.3, 0.4) is 0 Å². The molecule has 0 aromatic heterocycles. The molecule has 0 saturated heterocycles. The average Bonchev–Trinajstić information content (AvgIpc) is 2.25. The lowest BCUT2D eigenvalue weighted by Gasteiger charge is -2.43. The molecule has 2 aliphatic carbocycles. The zero-order valence-electron chi connectivity index (χ0n) is 10.0. The van der Waals surface area contributed by atoms with E-state index < -0.39 is 0 Å². The zero-order valence-corrected chi connectivity index (χ0v) is 10.0. The van der Waals surface area contributed by atoms with E-state index in [-0.39, 0.29) is 0 Å². The molecule has 0 aromatic carbocycles. The summed E-state index contributed by atoms with van der Waals surface area (Å²) in [6.07, 6.45) is 9.28. The first-order valence-corrected chi connectivity index (χ1v) is 5.86. The average molecular weight is 203 g/mol. The van der Waals surface area contributed by atoms with Gasteiger partial charge in [0.25, 0.3) is 0 Å². The monoisotopic (exact) mass is 203 g/mol. The number of hydrogen-bond donors (Lipinski definition) is 1. The molecule has 0 bridgehead atoms. The summed E-state index contributed by atoms with van der Waals surface area (Å²) in [7, 11) is 0. The van der Waals surface area contributed by atoms with E-state index in [2.05, 4.69) is 39.0 Å². The molecule has 0 spiro atoms. The quantitative estimate of drug-likeness (QED) is 0.696. The molecule has 0 amide bonds. The Morgan fingerprint density at radius 2 is 2.20 bits per heavy atom. The molecule has 2 N–H and O–H groups in total. The molecule has 0 radical (unpaired) electrons. The molecule has 2 atom stereocenters. The highest BCUT2D eigenvalue weighted by Gasteiger charge is 2.38. The Morgan fingerprint density at radius 3 is 2.87 bits per heavy atom. The van der Waals surface area contributed by atoms with Gasteiger partial charge < -0.3 is 5.73 Å². The van der Waals surface area contributed by atoms with E-state index in [0.717, 1.165) is 0 Å². The molecule has 0 saturated carbocycles. The highest BCUT2D eigenvalue weighted by atomic mass is 14.5. The zero-order chi connectivity index (χ0) is 11.1. The topological polar surface area (TPSA) is 26.0 Å². The van der Waals surface area contributed by atoms with E-state index in [4.69, 9.17) is 5.73 Å². The van der Waals surface area contributed by atoms with Crippen molar-refractivity contribution in [1.29, 1.82) is 0 Å². The molecular formula is C14H21N. The molecule has 1 heteroatoms. The molecule has 0 aliphatic heterocycles. The Bertz CT molecular complexity index is 360. The summed E-state index contributed by atoms with van der Waals surface area (Å²) in [4.78, 5) is 0. The van der Waals surface area contributed by atoms with Crippen molar-refractivity contribution in [2.45, 2.75) is 33.6 Å². The Morgan fingerprint density at radius 1 is 1.47 bits per heavy atom. The normalized spacial score (nSPS) is 35.2. The molecule has 2 rings (SSSR count). The second kappa shape index (κ2) is 3.64. The molecule has 2 unspecified atom stereocenters. The van der Waals surface area contributed by atoms with Gasteiger partial charge in [0, 0.05) is 6.54 Å². The fraction of sp³-hybridized carbons (Fsp3) is 0.571. The van der Waals surface area contributed by atoms with Gasteiger partial charge >= 0.3 is 0 Å². The molecule has 0 aromatic rings. The smallest absolute Gasteiger partial charge is 0.0140 e. The van der Waals surface area contributed by atoms with Crippen LogP contribution in [-0.2, 0) is 0 Å². The van der Waals surface area contributed by atoms with Gasteiger partial charge in [-0.3, -0.25) is 0 Å². The van der Waals surface area contributed by atoms with E-state index in [9.17, 15) is 0 Å². The van der Waals surface area contributed by atoms with E-state index >= 15 is 0 Å². The van der Waals surface area contributed by atoms with Crippen molar-refractivity contribution in [1.82, 2.24) is 0 Å². The molecule has 2 aliphatic rings. The lowest BCUT2D eigenvalue weighted by atomic mass is 9.61. The Balaban J connectivity index is 2.42. The maximum atomic E-state index is 5.72. The van der Waals surface area contributed by atoms with Crippen LogP contribution in [0.5, 0.6) is 0 Å². The summed E-state index contributed by atoms with van der Waals surface area (Å²) in [5, 5.41) is 0. The number of rotatable bonds is 1. The molecule has 0 heterocycles. The summed E-state index contributed by atoms with van der Waals surface area (Å²) >= 11 is 0. The van der Waals surface area contributed by atoms with Crippen LogP contribution in [0.25, 0.3) is 0 Å². The Hall–Kier alpha value is -0.820. The van der Waals surface area contributed by atoms with Crippen molar-refractivity contribution < 1.29 is 0 Å². The van der Waals surface area contributed by atoms with Crippen molar-refractivity contribution in [3.63, 3.8) is 0 Å². The van der Waals surface area contributed by atoms with Crippen molar-refractivity contribution in [2.24, 2.45) is 17.1 Å². The van der Waals surface area contributed by atoms with Crippen molar-refractivity contribution >= 4 is 0 Å². The van der Waals surface area contributed by atoms with E-state index in [1.807, 2.05) is 0 Å². The first-order valence-electron chi connectivity index (χ1n) is 5.86. The lowest BCUT2D eigenvalue weighted by molar-refractivity contribution is 0.263. The predicted molar refractivity (Wildman–Crippen MR) is 65.5 cm³/mol. The van der Waals surface area contributed by atoms with Gasteiger partial charge in [0.1, 0.15) is 0 Å². The molecule has 15 heavy (non-hydrogen) atoms. The largest absolute Gasteiger partial charge is 0.327 e. The molecule has 1 nitrogen and oxygen atoms in total. The van der Waals surface area contributed by atoms with Crippen molar-refractivity contribution in [3.05, 3.63) is 34.9 Å². The summed E-state index contributed by atoms with van der Waals surface area (Å²) in [6, 6.07) is 0.